The highest BCUT2D eigenvalue weighted by Crippen LogP contribution is 2.35. The predicted molar refractivity (Wildman–Crippen MR) is 94.7 cm³/mol. The molecule has 2 rings (SSSR count). The Hall–Kier alpha value is -3.09. The number of hydrogen-bond acceptors (Lipinski definition) is 5. The van der Waals surface area contributed by atoms with E-state index in [-0.39, 0.29) is 22.7 Å². The Morgan fingerprint density at radius 3 is 2.40 bits per heavy atom. The zero-order chi connectivity index (χ0) is 18.6. The summed E-state index contributed by atoms with van der Waals surface area (Å²) in [5.41, 5.74) is 2.07. The third kappa shape index (κ3) is 3.71. The van der Waals surface area contributed by atoms with Gasteiger partial charge in [-0.2, -0.15) is 0 Å². The normalized spacial score (nSPS) is 10.2. The molecule has 0 radical (unpaired) electrons. The summed E-state index contributed by atoms with van der Waals surface area (Å²) >= 11 is 0. The maximum absolute atomic E-state index is 12.7. The van der Waals surface area contributed by atoms with E-state index in [0.717, 1.165) is 17.5 Å². The Bertz CT molecular complexity index is 817. The number of nitrogens with zero attached hydrogens (tertiary/aromatic N) is 1. The topological polar surface area (TPSA) is 90.7 Å². The van der Waals surface area contributed by atoms with Crippen LogP contribution in [0.25, 0.3) is 0 Å². The molecule has 0 saturated carbocycles. The van der Waals surface area contributed by atoms with Crippen LogP contribution in [-0.2, 0) is 6.42 Å². The zero-order valence-electron chi connectivity index (χ0n) is 14.6. The molecule has 0 aliphatic rings. The van der Waals surface area contributed by atoms with Crippen LogP contribution in [-0.4, -0.2) is 25.1 Å². The van der Waals surface area contributed by atoms with Gasteiger partial charge in [-0.15, -0.1) is 0 Å². The molecule has 7 heteroatoms. The van der Waals surface area contributed by atoms with E-state index in [9.17, 15) is 14.9 Å². The molecular formula is C18H20N2O5. The first-order chi connectivity index (χ1) is 11.9. The van der Waals surface area contributed by atoms with Crippen molar-refractivity contribution in [2.75, 3.05) is 19.5 Å². The van der Waals surface area contributed by atoms with Crippen LogP contribution in [0.5, 0.6) is 11.5 Å². The van der Waals surface area contributed by atoms with Gasteiger partial charge in [0.05, 0.1) is 25.2 Å². The van der Waals surface area contributed by atoms with E-state index in [0.29, 0.717) is 5.69 Å². The maximum atomic E-state index is 12.7. The molecule has 2 aromatic rings. The van der Waals surface area contributed by atoms with Crippen molar-refractivity contribution in [1.82, 2.24) is 0 Å². The van der Waals surface area contributed by atoms with Crippen LogP contribution in [0.4, 0.5) is 11.4 Å². The minimum absolute atomic E-state index is 0.0899. The number of anilines is 1. The summed E-state index contributed by atoms with van der Waals surface area (Å²) in [5, 5.41) is 14.2. The number of nitro benzene ring substituents is 1. The van der Waals surface area contributed by atoms with Crippen molar-refractivity contribution in [2.24, 2.45) is 0 Å². The second-order valence-electron chi connectivity index (χ2n) is 5.40. The number of rotatable bonds is 6. The van der Waals surface area contributed by atoms with Gasteiger partial charge in [0.1, 0.15) is 5.56 Å². The van der Waals surface area contributed by atoms with Gasteiger partial charge >= 0.3 is 0 Å². The molecular weight excluding hydrogens is 324 g/mol. The lowest BCUT2D eigenvalue weighted by atomic mass is 10.0. The van der Waals surface area contributed by atoms with Gasteiger partial charge in [-0.25, -0.2) is 0 Å². The average molecular weight is 344 g/mol. The Morgan fingerprint density at radius 2 is 1.84 bits per heavy atom. The second kappa shape index (κ2) is 7.65. The van der Waals surface area contributed by atoms with Gasteiger partial charge in [-0.1, -0.05) is 25.1 Å². The number of ether oxygens (including phenoxy) is 2. The summed E-state index contributed by atoms with van der Waals surface area (Å²) in [6.45, 7) is 3.85. The summed E-state index contributed by atoms with van der Waals surface area (Å²) < 4.78 is 10.2. The van der Waals surface area contributed by atoms with E-state index in [1.54, 1.807) is 0 Å². The smallest absolute Gasteiger partial charge is 0.286 e. The lowest BCUT2D eigenvalue weighted by Crippen LogP contribution is -2.16. The molecule has 1 N–H and O–H groups in total. The van der Waals surface area contributed by atoms with Crippen LogP contribution in [0.1, 0.15) is 28.4 Å². The molecule has 0 aliphatic heterocycles. The fourth-order valence-electron chi connectivity index (χ4n) is 2.58. The number of nitro groups is 1. The quantitative estimate of drug-likeness (QED) is 0.637. The van der Waals surface area contributed by atoms with E-state index in [1.807, 2.05) is 32.0 Å². The van der Waals surface area contributed by atoms with E-state index >= 15 is 0 Å². The number of nitrogens with one attached hydrogen (secondary N) is 1. The molecule has 2 aromatic carbocycles. The highest BCUT2D eigenvalue weighted by molar-refractivity contribution is 6.08. The van der Waals surface area contributed by atoms with Crippen molar-refractivity contribution in [3.63, 3.8) is 0 Å². The number of benzene rings is 2. The molecule has 25 heavy (non-hydrogen) atoms. The van der Waals surface area contributed by atoms with Crippen LogP contribution in [0.15, 0.2) is 30.3 Å². The fourth-order valence-corrected chi connectivity index (χ4v) is 2.58. The molecule has 0 unspecified atom stereocenters. The number of methoxy groups -OCH3 is 2. The van der Waals surface area contributed by atoms with Crippen molar-refractivity contribution in [3.8, 4) is 11.5 Å². The van der Waals surface area contributed by atoms with Gasteiger partial charge in [0, 0.05) is 11.8 Å². The lowest BCUT2D eigenvalue weighted by molar-refractivity contribution is -0.385. The summed E-state index contributed by atoms with van der Waals surface area (Å²) in [4.78, 5) is 23.5. The second-order valence-corrected chi connectivity index (χ2v) is 5.40. The van der Waals surface area contributed by atoms with Crippen molar-refractivity contribution < 1.29 is 19.2 Å². The minimum atomic E-state index is -0.616. The van der Waals surface area contributed by atoms with Gasteiger partial charge in [-0.05, 0) is 24.5 Å². The number of hydrogen-bond donors (Lipinski definition) is 1. The number of carbonyl (C=O) groups excluding carboxylic acids is 1. The van der Waals surface area contributed by atoms with Crippen LogP contribution in [0, 0.1) is 17.0 Å². The van der Waals surface area contributed by atoms with Crippen LogP contribution in [0.2, 0.25) is 0 Å². The number of carbonyl (C=O) groups is 1. The molecule has 0 aliphatic carbocycles. The van der Waals surface area contributed by atoms with E-state index < -0.39 is 10.8 Å². The number of para-hydroxylation sites is 1. The molecule has 0 aromatic heterocycles. The SMILES string of the molecule is CCc1cccc(C)c1NC(=O)c1cc(OC)c(OC)cc1[N+](=O)[O-]. The van der Waals surface area contributed by atoms with Gasteiger partial charge in [0.25, 0.3) is 11.6 Å². The van der Waals surface area contributed by atoms with Gasteiger partial charge in [0.2, 0.25) is 0 Å². The zero-order valence-corrected chi connectivity index (χ0v) is 14.6. The monoisotopic (exact) mass is 344 g/mol. The summed E-state index contributed by atoms with van der Waals surface area (Å²) in [7, 11) is 2.78. The van der Waals surface area contributed by atoms with Crippen LogP contribution >= 0.6 is 0 Å². The number of aryl methyl sites for hydroxylation is 2. The first kappa shape index (κ1) is 18.3. The highest BCUT2D eigenvalue weighted by atomic mass is 16.6. The maximum Gasteiger partial charge on any atom is 0.286 e. The molecule has 0 bridgehead atoms. The summed E-state index contributed by atoms with van der Waals surface area (Å²) in [5.74, 6) is -0.133. The molecule has 0 fully saturated rings. The van der Waals surface area contributed by atoms with Crippen molar-refractivity contribution in [2.45, 2.75) is 20.3 Å². The molecule has 0 saturated heterocycles. The first-order valence-electron chi connectivity index (χ1n) is 7.73. The minimum Gasteiger partial charge on any atom is -0.493 e. The lowest BCUT2D eigenvalue weighted by Gasteiger charge is -2.14. The van der Waals surface area contributed by atoms with Gasteiger partial charge in [0.15, 0.2) is 11.5 Å². The first-order valence-corrected chi connectivity index (χ1v) is 7.73. The Balaban J connectivity index is 2.51. The Morgan fingerprint density at radius 1 is 1.20 bits per heavy atom. The average Bonchev–Trinajstić information content (AvgIpc) is 2.61. The van der Waals surface area contributed by atoms with Crippen molar-refractivity contribution >= 4 is 17.3 Å². The fraction of sp³-hybridized carbons (Fsp3) is 0.278. The predicted octanol–water partition coefficient (Wildman–Crippen LogP) is 3.74. The van der Waals surface area contributed by atoms with Crippen molar-refractivity contribution in [3.05, 3.63) is 57.1 Å². The van der Waals surface area contributed by atoms with Gasteiger partial charge in [-0.3, -0.25) is 14.9 Å². The Labute approximate surface area is 145 Å². The van der Waals surface area contributed by atoms with E-state index in [4.69, 9.17) is 9.47 Å². The van der Waals surface area contributed by atoms with E-state index in [2.05, 4.69) is 5.32 Å². The molecule has 1 amide bonds. The number of amides is 1. The molecule has 0 atom stereocenters. The van der Waals surface area contributed by atoms with Crippen LogP contribution in [0.3, 0.4) is 0 Å². The van der Waals surface area contributed by atoms with Crippen molar-refractivity contribution in [1.29, 1.82) is 0 Å². The molecule has 7 nitrogen and oxygen atoms in total. The largest absolute Gasteiger partial charge is 0.493 e. The van der Waals surface area contributed by atoms with E-state index in [1.165, 1.54) is 26.4 Å². The molecule has 132 valence electrons. The van der Waals surface area contributed by atoms with Gasteiger partial charge < -0.3 is 14.8 Å². The summed E-state index contributed by atoms with van der Waals surface area (Å²) in [6.07, 6.45) is 0.728. The third-order valence-corrected chi connectivity index (χ3v) is 3.92. The molecule has 0 heterocycles. The summed E-state index contributed by atoms with van der Waals surface area (Å²) in [6, 6.07) is 8.19. The van der Waals surface area contributed by atoms with Crippen LogP contribution < -0.4 is 14.8 Å². The highest BCUT2D eigenvalue weighted by Gasteiger charge is 2.25. The third-order valence-electron chi connectivity index (χ3n) is 3.92. The molecule has 0 spiro atoms. The Kier molecular flexibility index (Phi) is 5.59. The standard InChI is InChI=1S/C18H20N2O5/c1-5-12-8-6-7-11(2)17(12)19-18(21)13-9-15(24-3)16(25-4)10-14(13)20(22)23/h6-10H,5H2,1-4H3,(H,19,21).